The molecule has 0 unspecified atom stereocenters. The maximum absolute atomic E-state index is 8.43. The summed E-state index contributed by atoms with van der Waals surface area (Å²) in [6.45, 7) is 0.454. The van der Waals surface area contributed by atoms with Crippen LogP contribution < -0.4 is 0 Å². The van der Waals surface area contributed by atoms with Crippen LogP contribution in [0.25, 0.3) is 5.53 Å². The van der Waals surface area contributed by atoms with Crippen LogP contribution in [0.4, 0.5) is 0 Å². The van der Waals surface area contributed by atoms with Gasteiger partial charge in [0.2, 0.25) is 0 Å². The van der Waals surface area contributed by atoms with E-state index in [1.165, 1.54) is 0 Å². The summed E-state index contributed by atoms with van der Waals surface area (Å²) < 4.78 is 4.67. The van der Waals surface area contributed by atoms with E-state index in [1.54, 1.807) is 6.08 Å². The first kappa shape index (κ1) is 7.92. The van der Waals surface area contributed by atoms with Gasteiger partial charge >= 0.3 is 0 Å². The molecule has 1 aliphatic rings. The molecule has 0 amide bonds. The molecule has 0 heterocycles. The first-order valence-electron chi connectivity index (χ1n) is 3.32. The Hall–Kier alpha value is -1.18. The van der Waals surface area contributed by atoms with E-state index in [0.717, 1.165) is 5.57 Å². The Kier molecular flexibility index (Phi) is 2.78. The van der Waals surface area contributed by atoms with E-state index in [9.17, 15) is 0 Å². The van der Waals surface area contributed by atoms with Crippen molar-refractivity contribution in [2.24, 2.45) is 0 Å². The second kappa shape index (κ2) is 3.86. The molecule has 0 saturated heterocycles. The van der Waals surface area contributed by atoms with Gasteiger partial charge in [-0.15, -0.1) is 0 Å². The van der Waals surface area contributed by atoms with Crippen LogP contribution in [0.15, 0.2) is 23.8 Å². The van der Waals surface area contributed by atoms with Crippen molar-refractivity contribution in [1.82, 2.24) is 0 Å². The zero-order valence-corrected chi connectivity index (χ0v) is 6.16. The number of ether oxygens (including phenoxy) is 1. The third kappa shape index (κ3) is 2.15. The summed E-state index contributed by atoms with van der Waals surface area (Å²) >= 11 is 0. The molecule has 0 saturated carbocycles. The predicted octanol–water partition coefficient (Wildman–Crippen LogP) is 1.35. The fraction of sp³-hybridized carbons (Fsp3) is 0.250. The lowest BCUT2D eigenvalue weighted by atomic mass is 10.1. The van der Waals surface area contributed by atoms with E-state index in [4.69, 9.17) is 5.53 Å². The van der Waals surface area contributed by atoms with Gasteiger partial charge in [0.1, 0.15) is 0 Å². The monoisotopic (exact) mass is 149 g/mol. The Morgan fingerprint density at radius 1 is 1.73 bits per heavy atom. The highest BCUT2D eigenvalue weighted by Gasteiger charge is 2.07. The largest absolute Gasteiger partial charge is 0.374 e. The van der Waals surface area contributed by atoms with Gasteiger partial charge in [0.15, 0.2) is 0 Å². The Labute approximate surface area is 65.6 Å². The van der Waals surface area contributed by atoms with E-state index in [-0.39, 0.29) is 0 Å². The highest BCUT2D eigenvalue weighted by molar-refractivity contribution is 5.93. The number of rotatable bonds is 2. The van der Waals surface area contributed by atoms with Gasteiger partial charge in [0.05, 0.1) is 20.1 Å². The molecule has 0 aromatic carbocycles. The van der Waals surface area contributed by atoms with Crippen LogP contribution in [0.3, 0.4) is 0 Å². The quantitative estimate of drug-likeness (QED) is 0.431. The van der Waals surface area contributed by atoms with E-state index >= 15 is 0 Å². The zero-order chi connectivity index (χ0) is 8.10. The normalized spacial score (nSPS) is 16.1. The van der Waals surface area contributed by atoms with Crippen LogP contribution in [0.5, 0.6) is 0 Å². The van der Waals surface area contributed by atoms with Crippen molar-refractivity contribution < 1.29 is 9.53 Å². The van der Waals surface area contributed by atoms with Crippen molar-refractivity contribution >= 4 is 5.71 Å². The Balaban J connectivity index is 2.72. The Morgan fingerprint density at radius 3 is 3.18 bits per heavy atom. The smallest absolute Gasteiger partial charge is 0.296 e. The lowest BCUT2D eigenvalue weighted by Crippen LogP contribution is -2.02. The molecular weight excluding hydrogens is 140 g/mol. The van der Waals surface area contributed by atoms with Crippen molar-refractivity contribution in [1.29, 1.82) is 0 Å². The van der Waals surface area contributed by atoms with Gasteiger partial charge in [-0.05, 0) is 5.57 Å². The topological polar surface area (TPSA) is 45.6 Å². The second-order valence-electron chi connectivity index (χ2n) is 2.27. The zero-order valence-electron chi connectivity index (χ0n) is 6.16. The molecule has 0 bridgehead atoms. The highest BCUT2D eigenvalue weighted by Crippen LogP contribution is 2.06. The molecule has 3 nitrogen and oxygen atoms in total. The van der Waals surface area contributed by atoms with Gasteiger partial charge in [-0.2, -0.15) is 4.79 Å². The number of hydrogen-bond donors (Lipinski definition) is 0. The summed E-state index contributed by atoms with van der Waals surface area (Å²) in [6.07, 6.45) is 6.31. The lowest BCUT2D eigenvalue weighted by molar-refractivity contribution is -0.00549. The van der Waals surface area contributed by atoms with Crippen molar-refractivity contribution in [2.75, 3.05) is 6.61 Å². The average molecular weight is 149 g/mol. The molecule has 1 aliphatic carbocycles. The minimum atomic E-state index is 0.454. The number of allylic oxidation sites excluding steroid dienone is 2. The number of hydrogen-bond acceptors (Lipinski definition) is 1. The van der Waals surface area contributed by atoms with Gasteiger partial charge in [-0.1, -0.05) is 12.2 Å². The summed E-state index contributed by atoms with van der Waals surface area (Å²) in [4.78, 5) is 3.09. The molecule has 57 valence electrons. The SMILES string of the molecule is [CH2]OCC1=CC(=[N+]=[N-])CC=C1. The van der Waals surface area contributed by atoms with Crippen LogP contribution in [0.1, 0.15) is 6.42 Å². The summed E-state index contributed by atoms with van der Waals surface area (Å²) in [6, 6.07) is 0. The first-order chi connectivity index (χ1) is 5.36. The predicted molar refractivity (Wildman–Crippen MR) is 41.8 cm³/mol. The van der Waals surface area contributed by atoms with Crippen LogP contribution in [0, 0.1) is 7.11 Å². The molecule has 1 radical (unpaired) electrons. The minimum absolute atomic E-state index is 0.454. The van der Waals surface area contributed by atoms with Crippen molar-refractivity contribution in [3.05, 3.63) is 36.4 Å². The van der Waals surface area contributed by atoms with Crippen LogP contribution in [-0.4, -0.2) is 17.1 Å². The van der Waals surface area contributed by atoms with Gasteiger partial charge in [0, 0.05) is 6.08 Å². The molecular formula is C8H9N2O. The molecule has 0 aromatic rings. The molecule has 0 aromatic heterocycles. The summed E-state index contributed by atoms with van der Waals surface area (Å²) in [7, 11) is 3.25. The fourth-order valence-corrected chi connectivity index (χ4v) is 0.929. The van der Waals surface area contributed by atoms with Gasteiger partial charge in [0.25, 0.3) is 5.71 Å². The maximum atomic E-state index is 8.43. The van der Waals surface area contributed by atoms with Crippen molar-refractivity contribution in [2.45, 2.75) is 6.42 Å². The van der Waals surface area contributed by atoms with E-state index in [2.05, 4.69) is 16.6 Å². The van der Waals surface area contributed by atoms with Crippen molar-refractivity contribution in [3.63, 3.8) is 0 Å². The van der Waals surface area contributed by atoms with E-state index < -0.39 is 0 Å². The van der Waals surface area contributed by atoms with E-state index in [1.807, 2.05) is 12.2 Å². The third-order valence-corrected chi connectivity index (χ3v) is 1.41. The highest BCUT2D eigenvalue weighted by atomic mass is 16.5. The summed E-state index contributed by atoms with van der Waals surface area (Å²) in [5, 5.41) is 0. The van der Waals surface area contributed by atoms with Crippen molar-refractivity contribution in [3.8, 4) is 0 Å². The molecule has 0 atom stereocenters. The van der Waals surface area contributed by atoms with Gasteiger partial charge in [-0.25, -0.2) is 0 Å². The number of nitrogens with zero attached hydrogens (tertiary/aromatic N) is 2. The lowest BCUT2D eigenvalue weighted by Gasteiger charge is -2.01. The third-order valence-electron chi connectivity index (χ3n) is 1.41. The average Bonchev–Trinajstić information content (AvgIpc) is 2.06. The summed E-state index contributed by atoms with van der Waals surface area (Å²) in [5.41, 5.74) is 10.1. The molecule has 0 aliphatic heterocycles. The molecule has 1 rings (SSSR count). The molecule has 0 spiro atoms. The maximum Gasteiger partial charge on any atom is 0.296 e. The Morgan fingerprint density at radius 2 is 2.55 bits per heavy atom. The minimum Gasteiger partial charge on any atom is -0.374 e. The molecule has 0 fully saturated rings. The molecule has 0 N–H and O–H groups in total. The molecule has 3 heteroatoms. The standard InChI is InChI=1S/C8H9N2O/c1-11-6-7-3-2-4-8(5-7)10-9/h2-3,5H,1,4,6H2. The summed E-state index contributed by atoms with van der Waals surface area (Å²) in [5.74, 6) is 0. The van der Waals surface area contributed by atoms with Crippen LogP contribution in [0.2, 0.25) is 0 Å². The van der Waals surface area contributed by atoms with Crippen LogP contribution in [-0.2, 0) is 4.74 Å². The van der Waals surface area contributed by atoms with Gasteiger partial charge in [-0.3, -0.25) is 0 Å². The van der Waals surface area contributed by atoms with Gasteiger partial charge < -0.3 is 10.3 Å². The first-order valence-corrected chi connectivity index (χ1v) is 3.32. The van der Waals surface area contributed by atoms with Crippen LogP contribution >= 0.6 is 0 Å². The molecule has 11 heavy (non-hydrogen) atoms. The fourth-order valence-electron chi connectivity index (χ4n) is 0.929. The Bertz CT molecular complexity index is 247. The second-order valence-corrected chi connectivity index (χ2v) is 2.27. The van der Waals surface area contributed by atoms with E-state index in [0.29, 0.717) is 18.7 Å².